The summed E-state index contributed by atoms with van der Waals surface area (Å²) in [6.07, 6.45) is -3.97. The quantitative estimate of drug-likeness (QED) is 0.447. The number of alkyl halides is 5. The second kappa shape index (κ2) is 9.70. The summed E-state index contributed by atoms with van der Waals surface area (Å²) >= 11 is 0.554. The Hall–Kier alpha value is -2.87. The number of nitrogens with one attached hydrogen (secondary N) is 2. The van der Waals surface area contributed by atoms with Crippen LogP contribution in [0.3, 0.4) is 0 Å². The molecule has 0 unspecified atom stereocenters. The standard InChI is InChI=1S/C24H28F5N5O3S/c1-11(2)31-16-5-15(24(27,28)29)14(9-30-16)18-17(21(36)34-10-23(25,26)6-12(34)3)33-20(38-18)19(35)32-13-7-22(4,37)8-13/h5,9,11-13,37H,6-8,10H2,1-4H3,(H,30,31)(H,32,35)/t12-,13?,22?/m0/s1. The molecule has 3 heterocycles. The Labute approximate surface area is 219 Å². The topological polar surface area (TPSA) is 107 Å². The molecule has 14 heteroatoms. The lowest BCUT2D eigenvalue weighted by Gasteiger charge is -2.40. The first kappa shape index (κ1) is 28.1. The van der Waals surface area contributed by atoms with Crippen LogP contribution in [0.1, 0.15) is 72.8 Å². The van der Waals surface area contributed by atoms with Crippen molar-refractivity contribution < 1.29 is 36.6 Å². The lowest BCUT2D eigenvalue weighted by molar-refractivity contribution is -0.137. The molecule has 1 atom stereocenters. The van der Waals surface area contributed by atoms with Crippen molar-refractivity contribution in [2.45, 2.75) is 82.8 Å². The van der Waals surface area contributed by atoms with Crippen molar-refractivity contribution in [3.8, 4) is 10.4 Å². The van der Waals surface area contributed by atoms with Gasteiger partial charge in [-0.1, -0.05) is 0 Å². The summed E-state index contributed by atoms with van der Waals surface area (Å²) in [5.74, 6) is -4.94. The molecule has 3 N–H and O–H groups in total. The maximum Gasteiger partial charge on any atom is 0.417 e. The number of hydrogen-bond donors (Lipinski definition) is 3. The third kappa shape index (κ3) is 5.90. The molecule has 4 rings (SSSR count). The SMILES string of the molecule is CC(C)Nc1cc(C(F)(F)F)c(-c2sc(C(=O)NC3CC(C)(O)C3)nc2C(=O)N2CC(F)(F)C[C@@H]2C)cn1. The number of nitrogens with zero attached hydrogens (tertiary/aromatic N) is 3. The zero-order valence-corrected chi connectivity index (χ0v) is 21.9. The van der Waals surface area contributed by atoms with Gasteiger partial charge in [-0.15, -0.1) is 11.3 Å². The lowest BCUT2D eigenvalue weighted by Crippen LogP contribution is -2.53. The molecule has 2 amide bonds. The second-order valence-corrected chi connectivity index (χ2v) is 11.5. The van der Waals surface area contributed by atoms with Gasteiger partial charge in [0.2, 0.25) is 0 Å². The van der Waals surface area contributed by atoms with Crippen LogP contribution in [0.15, 0.2) is 12.3 Å². The number of rotatable bonds is 6. The highest BCUT2D eigenvalue weighted by molar-refractivity contribution is 7.17. The third-order valence-corrected chi connectivity index (χ3v) is 7.50. The van der Waals surface area contributed by atoms with Gasteiger partial charge in [0.1, 0.15) is 11.5 Å². The van der Waals surface area contributed by atoms with Crippen LogP contribution in [0, 0.1) is 0 Å². The number of thiazole rings is 1. The number of carbonyl (C=O) groups excluding carboxylic acids is 2. The van der Waals surface area contributed by atoms with Crippen LogP contribution >= 0.6 is 11.3 Å². The first-order valence-corrected chi connectivity index (χ1v) is 12.8. The van der Waals surface area contributed by atoms with E-state index in [0.717, 1.165) is 17.2 Å². The second-order valence-electron chi connectivity index (χ2n) is 10.5. The number of aliphatic hydroxyl groups is 1. The molecule has 8 nitrogen and oxygen atoms in total. The summed E-state index contributed by atoms with van der Waals surface area (Å²) in [4.78, 5) is 34.9. The highest BCUT2D eigenvalue weighted by Crippen LogP contribution is 2.43. The summed E-state index contributed by atoms with van der Waals surface area (Å²) in [6, 6.07) is -0.683. The van der Waals surface area contributed by atoms with E-state index in [-0.39, 0.29) is 40.6 Å². The van der Waals surface area contributed by atoms with Gasteiger partial charge in [0.15, 0.2) is 5.01 Å². The van der Waals surface area contributed by atoms with Crippen molar-refractivity contribution in [1.82, 2.24) is 20.2 Å². The fraction of sp³-hybridized carbons (Fsp3) is 0.583. The summed E-state index contributed by atoms with van der Waals surface area (Å²) in [5, 5.41) is 15.0. The maximum absolute atomic E-state index is 14.1. The van der Waals surface area contributed by atoms with Crippen LogP contribution < -0.4 is 10.6 Å². The number of amides is 2. The molecular weight excluding hydrogens is 533 g/mol. The normalized spacial score (nSPS) is 24.9. The zero-order valence-electron chi connectivity index (χ0n) is 21.1. The van der Waals surface area contributed by atoms with Crippen molar-refractivity contribution in [2.75, 3.05) is 11.9 Å². The molecule has 1 saturated carbocycles. The molecule has 0 radical (unpaired) electrons. The maximum atomic E-state index is 14.1. The molecule has 0 aromatic carbocycles. The fourth-order valence-corrected chi connectivity index (χ4v) is 5.75. The van der Waals surface area contributed by atoms with E-state index in [0.29, 0.717) is 11.3 Å². The first-order valence-electron chi connectivity index (χ1n) is 12.0. The van der Waals surface area contributed by atoms with Crippen LogP contribution in [0.4, 0.5) is 27.8 Å². The number of pyridine rings is 1. The molecule has 2 aromatic heterocycles. The molecule has 208 valence electrons. The molecule has 2 aromatic rings. The number of hydrogen-bond acceptors (Lipinski definition) is 7. The lowest BCUT2D eigenvalue weighted by atomic mass is 9.77. The van der Waals surface area contributed by atoms with Gasteiger partial charge >= 0.3 is 6.18 Å². The van der Waals surface area contributed by atoms with Gasteiger partial charge < -0.3 is 20.6 Å². The van der Waals surface area contributed by atoms with Crippen LogP contribution in [-0.4, -0.2) is 68.0 Å². The van der Waals surface area contributed by atoms with Gasteiger partial charge in [0, 0.05) is 36.3 Å². The van der Waals surface area contributed by atoms with E-state index in [1.165, 1.54) is 6.92 Å². The van der Waals surface area contributed by atoms with Crippen molar-refractivity contribution in [3.63, 3.8) is 0 Å². The molecule has 1 aliphatic heterocycles. The number of likely N-dealkylation sites (tertiary alicyclic amines) is 1. The van der Waals surface area contributed by atoms with Gasteiger partial charge in [-0.05, 0) is 46.6 Å². The molecule has 0 spiro atoms. The Morgan fingerprint density at radius 2 is 1.89 bits per heavy atom. The monoisotopic (exact) mass is 561 g/mol. The van der Waals surface area contributed by atoms with E-state index >= 15 is 0 Å². The van der Waals surface area contributed by atoms with E-state index in [1.807, 2.05) is 0 Å². The zero-order chi connectivity index (χ0) is 28.2. The molecular formula is C24H28F5N5O3S. The van der Waals surface area contributed by atoms with Crippen LogP contribution in [-0.2, 0) is 6.18 Å². The van der Waals surface area contributed by atoms with Crippen molar-refractivity contribution >= 4 is 29.0 Å². The van der Waals surface area contributed by atoms with E-state index in [1.54, 1.807) is 20.8 Å². The average molecular weight is 562 g/mol. The first-order chi connectivity index (χ1) is 17.5. The minimum atomic E-state index is -4.86. The Balaban J connectivity index is 1.78. The summed E-state index contributed by atoms with van der Waals surface area (Å²) < 4.78 is 70.5. The highest BCUT2D eigenvalue weighted by atomic mass is 32.1. The van der Waals surface area contributed by atoms with Crippen LogP contribution in [0.5, 0.6) is 0 Å². The van der Waals surface area contributed by atoms with Gasteiger partial charge in [-0.2, -0.15) is 13.2 Å². The number of anilines is 1. The Kier molecular flexibility index (Phi) is 7.19. The van der Waals surface area contributed by atoms with E-state index in [4.69, 9.17) is 0 Å². The van der Waals surface area contributed by atoms with Crippen LogP contribution in [0.25, 0.3) is 10.4 Å². The highest BCUT2D eigenvalue weighted by Gasteiger charge is 2.47. The number of halogens is 5. The van der Waals surface area contributed by atoms with Gasteiger partial charge in [-0.3, -0.25) is 9.59 Å². The van der Waals surface area contributed by atoms with Gasteiger partial charge in [-0.25, -0.2) is 18.7 Å². The Morgan fingerprint density at radius 1 is 1.24 bits per heavy atom. The minimum absolute atomic E-state index is 0.0451. The van der Waals surface area contributed by atoms with Crippen molar-refractivity contribution in [2.24, 2.45) is 0 Å². The Morgan fingerprint density at radius 3 is 2.42 bits per heavy atom. The molecule has 2 fully saturated rings. The Bertz CT molecular complexity index is 1240. The number of carbonyl (C=O) groups is 2. The van der Waals surface area contributed by atoms with Gasteiger partial charge in [0.05, 0.1) is 22.6 Å². The van der Waals surface area contributed by atoms with E-state index < -0.39 is 65.3 Å². The predicted molar refractivity (Wildman–Crippen MR) is 130 cm³/mol. The van der Waals surface area contributed by atoms with Gasteiger partial charge in [0.25, 0.3) is 17.7 Å². The average Bonchev–Trinajstić information content (AvgIpc) is 3.31. The van der Waals surface area contributed by atoms with Crippen molar-refractivity contribution in [1.29, 1.82) is 0 Å². The van der Waals surface area contributed by atoms with E-state index in [9.17, 15) is 36.6 Å². The predicted octanol–water partition coefficient (Wildman–Crippen LogP) is 4.56. The summed E-state index contributed by atoms with van der Waals surface area (Å²) in [7, 11) is 0. The minimum Gasteiger partial charge on any atom is -0.390 e. The summed E-state index contributed by atoms with van der Waals surface area (Å²) in [5.41, 5.74) is -3.07. The largest absolute Gasteiger partial charge is 0.417 e. The molecule has 2 aliphatic rings. The third-order valence-electron chi connectivity index (χ3n) is 6.41. The van der Waals surface area contributed by atoms with E-state index in [2.05, 4.69) is 20.6 Å². The van der Waals surface area contributed by atoms with Crippen molar-refractivity contribution in [3.05, 3.63) is 28.5 Å². The molecule has 1 aliphatic carbocycles. The fourth-order valence-electron chi connectivity index (χ4n) is 4.76. The smallest absolute Gasteiger partial charge is 0.390 e. The molecule has 0 bridgehead atoms. The summed E-state index contributed by atoms with van der Waals surface area (Å²) in [6.45, 7) is 5.55. The molecule has 1 saturated heterocycles. The molecule has 38 heavy (non-hydrogen) atoms. The van der Waals surface area contributed by atoms with Crippen LogP contribution in [0.2, 0.25) is 0 Å². The number of aromatic nitrogens is 2.